The van der Waals surface area contributed by atoms with E-state index in [1.54, 1.807) is 0 Å². The first kappa shape index (κ1) is 36.9. The number of aryl methyl sites for hydroxylation is 3. The zero-order valence-electron chi connectivity index (χ0n) is 32.9. The molecule has 2 heteroatoms. The minimum Gasteiger partial charge on any atom is -0.311 e. The average molecular weight is 735 g/mol. The Kier molecular flexibility index (Phi) is 11.1. The second kappa shape index (κ2) is 17.2. The van der Waals surface area contributed by atoms with E-state index in [0.29, 0.717) is 0 Å². The van der Waals surface area contributed by atoms with Gasteiger partial charge in [0.25, 0.3) is 0 Å². The second-order valence-electron chi connectivity index (χ2n) is 14.6. The number of hydrogen-bond donors (Lipinski definition) is 0. The molecule has 0 fully saturated rings. The van der Waals surface area contributed by atoms with Gasteiger partial charge in [0.15, 0.2) is 0 Å². The standard InChI is InChI=1S/C55H46N2/c1-41-22-31-48(32-23-41)56(40-54(45-15-6-4-7-16-45)46-17-8-5-9-18-46)55-39-30-47(52-20-12-13-21-53(52)55)19-11-10-14-44-28-37-51(38-29-44)57(49-33-24-42(2)25-34-49)50-35-26-43(3)27-36-50/h4-8,10-17,19-22,24-31,33-40H,9,18H2,1-3H3/b14-10+,19-11+,54-40-. The van der Waals surface area contributed by atoms with Gasteiger partial charge in [-0.15, -0.1) is 0 Å². The molecule has 0 amide bonds. The van der Waals surface area contributed by atoms with Gasteiger partial charge in [-0.25, -0.2) is 0 Å². The Labute approximate surface area is 338 Å². The Balaban J connectivity index is 1.10. The van der Waals surface area contributed by atoms with Crippen LogP contribution < -0.4 is 9.80 Å². The smallest absolute Gasteiger partial charge is 0.0969 e. The van der Waals surface area contributed by atoms with E-state index in [1.165, 1.54) is 38.6 Å². The van der Waals surface area contributed by atoms with Crippen molar-refractivity contribution in [2.75, 3.05) is 9.80 Å². The van der Waals surface area contributed by atoms with E-state index >= 15 is 0 Å². The van der Waals surface area contributed by atoms with Crippen LogP contribution in [0.25, 0.3) is 28.5 Å². The molecule has 8 rings (SSSR count). The summed E-state index contributed by atoms with van der Waals surface area (Å²) in [5, 5.41) is 2.35. The Bertz CT molecular complexity index is 2560. The molecule has 57 heavy (non-hydrogen) atoms. The van der Waals surface area contributed by atoms with Gasteiger partial charge in [-0.05, 0) is 127 Å². The number of allylic oxidation sites excluding steroid dienone is 7. The Morgan fingerprint density at radius 1 is 0.579 bits per heavy atom. The summed E-state index contributed by atoms with van der Waals surface area (Å²) >= 11 is 0. The molecule has 1 aliphatic carbocycles. The molecule has 0 atom stereocenters. The lowest BCUT2D eigenvalue weighted by Crippen LogP contribution is -2.11. The fraction of sp³-hybridized carbons (Fsp3) is 0.0909. The molecule has 0 saturated heterocycles. The molecule has 7 aromatic rings. The molecule has 0 radical (unpaired) electrons. The summed E-state index contributed by atoms with van der Waals surface area (Å²) in [6, 6.07) is 61.1. The van der Waals surface area contributed by atoms with Crippen molar-refractivity contribution in [3.05, 3.63) is 239 Å². The van der Waals surface area contributed by atoms with Crippen LogP contribution in [-0.2, 0) is 0 Å². The number of rotatable bonds is 11. The summed E-state index contributed by atoms with van der Waals surface area (Å²) in [6.07, 6.45) is 19.6. The first-order chi connectivity index (χ1) is 28.0. The lowest BCUT2D eigenvalue weighted by atomic mass is 9.92. The number of hydrogen-bond acceptors (Lipinski definition) is 2. The van der Waals surface area contributed by atoms with Crippen LogP contribution in [0.5, 0.6) is 0 Å². The van der Waals surface area contributed by atoms with Crippen molar-refractivity contribution in [3.63, 3.8) is 0 Å². The van der Waals surface area contributed by atoms with Crippen molar-refractivity contribution >= 4 is 56.9 Å². The van der Waals surface area contributed by atoms with E-state index in [9.17, 15) is 0 Å². The van der Waals surface area contributed by atoms with Crippen LogP contribution in [-0.4, -0.2) is 0 Å². The topological polar surface area (TPSA) is 6.48 Å². The highest BCUT2D eigenvalue weighted by atomic mass is 15.1. The molecule has 0 unspecified atom stereocenters. The fourth-order valence-electron chi connectivity index (χ4n) is 7.33. The minimum atomic E-state index is 0.948. The maximum absolute atomic E-state index is 3.46. The third-order valence-corrected chi connectivity index (χ3v) is 10.4. The molecular formula is C55H46N2. The third kappa shape index (κ3) is 8.60. The predicted octanol–water partition coefficient (Wildman–Crippen LogP) is 15.0. The SMILES string of the molecule is Cc1c#cc(N(/C=C(\C2=CC=CCC2)c2ccccc2)c2ccc(/C=C/C=C/c3ccc(N(c4ccc(C)cc4)c4ccc(C)cc4)cc3)c3ccccc23)cc1. The molecule has 0 heterocycles. The normalized spacial score (nSPS) is 12.9. The van der Waals surface area contributed by atoms with Crippen LogP contribution in [0, 0.1) is 32.9 Å². The highest BCUT2D eigenvalue weighted by molar-refractivity contribution is 6.02. The average Bonchev–Trinajstić information content (AvgIpc) is 3.26. The van der Waals surface area contributed by atoms with Gasteiger partial charge in [0.1, 0.15) is 0 Å². The summed E-state index contributed by atoms with van der Waals surface area (Å²) in [5.74, 6) is 0. The maximum Gasteiger partial charge on any atom is 0.0969 e. The molecule has 0 saturated carbocycles. The fourth-order valence-corrected chi connectivity index (χ4v) is 7.33. The predicted molar refractivity (Wildman–Crippen MR) is 244 cm³/mol. The van der Waals surface area contributed by atoms with Crippen molar-refractivity contribution in [1.29, 1.82) is 0 Å². The molecule has 276 valence electrons. The van der Waals surface area contributed by atoms with Crippen molar-refractivity contribution in [3.8, 4) is 0 Å². The van der Waals surface area contributed by atoms with Gasteiger partial charge in [-0.3, -0.25) is 0 Å². The van der Waals surface area contributed by atoms with Crippen molar-refractivity contribution in [2.24, 2.45) is 0 Å². The zero-order chi connectivity index (χ0) is 39.0. The van der Waals surface area contributed by atoms with Crippen LogP contribution in [0.4, 0.5) is 28.4 Å². The molecule has 0 aliphatic heterocycles. The van der Waals surface area contributed by atoms with Gasteiger partial charge < -0.3 is 9.80 Å². The summed E-state index contributed by atoms with van der Waals surface area (Å²) in [7, 11) is 0. The number of fused-ring (bicyclic) bond motifs is 1. The van der Waals surface area contributed by atoms with Crippen LogP contribution in [0.1, 0.15) is 46.2 Å². The number of benzene rings is 6. The lowest BCUT2D eigenvalue weighted by Gasteiger charge is -2.25. The molecule has 0 bridgehead atoms. The van der Waals surface area contributed by atoms with Crippen LogP contribution in [0.2, 0.25) is 0 Å². The summed E-state index contributed by atoms with van der Waals surface area (Å²) in [5.41, 5.74) is 15.0. The molecular weight excluding hydrogens is 689 g/mol. The highest BCUT2D eigenvalue weighted by Gasteiger charge is 2.17. The maximum atomic E-state index is 3.46. The summed E-state index contributed by atoms with van der Waals surface area (Å²) in [4.78, 5) is 4.59. The number of anilines is 5. The first-order valence-electron chi connectivity index (χ1n) is 19.7. The monoisotopic (exact) mass is 734 g/mol. The Morgan fingerprint density at radius 2 is 1.21 bits per heavy atom. The Morgan fingerprint density at radius 3 is 1.84 bits per heavy atom. The van der Waals surface area contributed by atoms with E-state index in [1.807, 2.05) is 0 Å². The molecule has 2 nitrogen and oxygen atoms in total. The van der Waals surface area contributed by atoms with E-state index in [2.05, 4.69) is 243 Å². The molecule has 7 aromatic carbocycles. The zero-order valence-corrected chi connectivity index (χ0v) is 32.9. The van der Waals surface area contributed by atoms with E-state index in [0.717, 1.165) is 58.0 Å². The quantitative estimate of drug-likeness (QED) is 0.122. The van der Waals surface area contributed by atoms with Crippen LogP contribution in [0.3, 0.4) is 0 Å². The van der Waals surface area contributed by atoms with Gasteiger partial charge in [0.05, 0.1) is 11.4 Å². The number of nitrogens with zero attached hydrogens (tertiary/aromatic N) is 2. The molecule has 1 aliphatic rings. The summed E-state index contributed by atoms with van der Waals surface area (Å²) in [6.45, 7) is 6.31. The van der Waals surface area contributed by atoms with Crippen molar-refractivity contribution < 1.29 is 0 Å². The first-order valence-corrected chi connectivity index (χ1v) is 19.7. The van der Waals surface area contributed by atoms with Crippen LogP contribution >= 0.6 is 0 Å². The highest BCUT2D eigenvalue weighted by Crippen LogP contribution is 2.38. The van der Waals surface area contributed by atoms with Gasteiger partial charge in [-0.1, -0.05) is 157 Å². The van der Waals surface area contributed by atoms with E-state index in [4.69, 9.17) is 0 Å². The van der Waals surface area contributed by atoms with E-state index in [-0.39, 0.29) is 0 Å². The summed E-state index contributed by atoms with van der Waals surface area (Å²) < 4.78 is 0. The third-order valence-electron chi connectivity index (χ3n) is 10.4. The molecule has 0 spiro atoms. The van der Waals surface area contributed by atoms with Crippen LogP contribution in [0.15, 0.2) is 194 Å². The van der Waals surface area contributed by atoms with Crippen molar-refractivity contribution in [2.45, 2.75) is 33.6 Å². The van der Waals surface area contributed by atoms with E-state index < -0.39 is 0 Å². The molecule has 0 aromatic heterocycles. The van der Waals surface area contributed by atoms with Gasteiger partial charge in [0, 0.05) is 34.2 Å². The lowest BCUT2D eigenvalue weighted by molar-refractivity contribution is 0.994. The minimum absolute atomic E-state index is 0.948. The Hall–Kier alpha value is -7.08. The second-order valence-corrected chi connectivity index (χ2v) is 14.6. The van der Waals surface area contributed by atoms with Crippen molar-refractivity contribution in [1.82, 2.24) is 0 Å². The molecule has 0 N–H and O–H groups in total. The van der Waals surface area contributed by atoms with Gasteiger partial charge in [0.2, 0.25) is 0 Å². The van der Waals surface area contributed by atoms with Gasteiger partial charge in [-0.2, -0.15) is 0 Å². The van der Waals surface area contributed by atoms with Gasteiger partial charge >= 0.3 is 0 Å². The largest absolute Gasteiger partial charge is 0.311 e.